The molecule has 1 aliphatic carbocycles. The van der Waals surface area contributed by atoms with Crippen LogP contribution in [0.5, 0.6) is 0 Å². The second-order valence-electron chi connectivity index (χ2n) is 6.10. The predicted octanol–water partition coefficient (Wildman–Crippen LogP) is 1.03. The quantitative estimate of drug-likeness (QED) is 0.767. The SMILES string of the molecule is Cl.O=C(O)[C@@H]1C[C@H]2C[C@@H](CCc3nn[nH]n3)CC[C@H]2CN1. The third kappa shape index (κ3) is 3.91. The van der Waals surface area contributed by atoms with Crippen LogP contribution in [-0.2, 0) is 11.2 Å². The maximum Gasteiger partial charge on any atom is 0.320 e. The number of nitrogens with zero attached hydrogens (tertiary/aromatic N) is 3. The minimum atomic E-state index is -0.711. The first-order chi connectivity index (χ1) is 9.72. The zero-order valence-corrected chi connectivity index (χ0v) is 12.7. The van der Waals surface area contributed by atoms with Gasteiger partial charge in [0.15, 0.2) is 5.82 Å². The van der Waals surface area contributed by atoms with Crippen LogP contribution < -0.4 is 5.32 Å². The number of H-pyrrole nitrogens is 1. The Labute approximate surface area is 129 Å². The number of carboxylic acid groups (broad SMARTS) is 1. The van der Waals surface area contributed by atoms with Crippen molar-refractivity contribution in [2.45, 2.75) is 44.6 Å². The summed E-state index contributed by atoms with van der Waals surface area (Å²) in [4.78, 5) is 11.1. The van der Waals surface area contributed by atoms with Crippen LogP contribution in [0.25, 0.3) is 0 Å². The van der Waals surface area contributed by atoms with Gasteiger partial charge in [-0.25, -0.2) is 0 Å². The van der Waals surface area contributed by atoms with Crippen molar-refractivity contribution in [3.63, 3.8) is 0 Å². The first kappa shape index (κ1) is 16.2. The summed E-state index contributed by atoms with van der Waals surface area (Å²) in [5, 5.41) is 26.3. The van der Waals surface area contributed by atoms with Crippen molar-refractivity contribution in [2.75, 3.05) is 6.54 Å². The molecule has 2 heterocycles. The number of halogens is 1. The molecule has 1 aromatic heterocycles. The van der Waals surface area contributed by atoms with Crippen molar-refractivity contribution in [1.29, 1.82) is 0 Å². The van der Waals surface area contributed by atoms with Gasteiger partial charge in [0.1, 0.15) is 6.04 Å². The fourth-order valence-electron chi connectivity index (χ4n) is 3.73. The number of aryl methyl sites for hydroxylation is 1. The fourth-order valence-corrected chi connectivity index (χ4v) is 3.73. The summed E-state index contributed by atoms with van der Waals surface area (Å²) in [6.45, 7) is 0.860. The van der Waals surface area contributed by atoms with Crippen LogP contribution in [-0.4, -0.2) is 44.3 Å². The van der Waals surface area contributed by atoms with Crippen LogP contribution in [0.3, 0.4) is 0 Å². The third-order valence-corrected chi connectivity index (χ3v) is 4.88. The minimum absolute atomic E-state index is 0. The van der Waals surface area contributed by atoms with Gasteiger partial charge in [-0.2, -0.15) is 5.21 Å². The van der Waals surface area contributed by atoms with E-state index in [1.807, 2.05) is 0 Å². The molecule has 4 atom stereocenters. The molecule has 1 aromatic rings. The van der Waals surface area contributed by atoms with Crippen molar-refractivity contribution < 1.29 is 9.90 Å². The summed E-state index contributed by atoms with van der Waals surface area (Å²) in [6, 6.07) is -0.354. The number of rotatable bonds is 4. The molecule has 3 N–H and O–H groups in total. The molecule has 0 radical (unpaired) electrons. The van der Waals surface area contributed by atoms with Gasteiger partial charge < -0.3 is 10.4 Å². The van der Waals surface area contributed by atoms with Crippen LogP contribution in [0.1, 0.15) is 37.9 Å². The van der Waals surface area contributed by atoms with Crippen molar-refractivity contribution in [3.05, 3.63) is 5.82 Å². The average molecular weight is 316 g/mol. The normalized spacial score (nSPS) is 32.0. The van der Waals surface area contributed by atoms with E-state index in [0.717, 1.165) is 38.1 Å². The Balaban J connectivity index is 0.00000161. The van der Waals surface area contributed by atoms with E-state index in [1.165, 1.54) is 12.8 Å². The van der Waals surface area contributed by atoms with Gasteiger partial charge in [0.2, 0.25) is 0 Å². The second kappa shape index (κ2) is 7.17. The molecule has 21 heavy (non-hydrogen) atoms. The topological polar surface area (TPSA) is 104 Å². The number of hydrogen-bond acceptors (Lipinski definition) is 5. The number of piperidine rings is 1. The molecule has 1 saturated carbocycles. The van der Waals surface area contributed by atoms with E-state index in [-0.39, 0.29) is 18.4 Å². The first-order valence-electron chi connectivity index (χ1n) is 7.41. The number of carboxylic acids is 1. The van der Waals surface area contributed by atoms with Gasteiger partial charge in [-0.1, -0.05) is 11.6 Å². The van der Waals surface area contributed by atoms with Crippen LogP contribution in [0, 0.1) is 17.8 Å². The Kier molecular flexibility index (Phi) is 5.52. The standard InChI is InChI=1S/C13H21N5O2.ClH/c19-13(20)11-6-10-5-8(1-3-9(10)7-14-11)2-4-12-15-17-18-16-12;/h8-11,14H,1-7H2,(H,19,20)(H,15,16,17,18);1H/t8-,9+,10-,11+;/m1./s1. The summed E-state index contributed by atoms with van der Waals surface area (Å²) >= 11 is 0. The first-order valence-corrected chi connectivity index (χ1v) is 7.41. The third-order valence-electron chi connectivity index (χ3n) is 4.88. The summed E-state index contributed by atoms with van der Waals surface area (Å²) in [7, 11) is 0. The van der Waals surface area contributed by atoms with E-state index >= 15 is 0 Å². The lowest BCUT2D eigenvalue weighted by Crippen LogP contribution is -2.49. The number of tetrazole rings is 1. The van der Waals surface area contributed by atoms with Gasteiger partial charge in [-0.05, 0) is 50.0 Å². The highest BCUT2D eigenvalue weighted by Crippen LogP contribution is 2.40. The van der Waals surface area contributed by atoms with E-state index in [4.69, 9.17) is 5.11 Å². The maximum absolute atomic E-state index is 11.1. The monoisotopic (exact) mass is 315 g/mol. The molecule has 0 bridgehead atoms. The molecule has 1 aliphatic heterocycles. The average Bonchev–Trinajstić information content (AvgIpc) is 2.97. The molecule has 7 nitrogen and oxygen atoms in total. The maximum atomic E-state index is 11.1. The van der Waals surface area contributed by atoms with Crippen LogP contribution >= 0.6 is 12.4 Å². The Hall–Kier alpha value is -1.21. The number of aromatic nitrogens is 4. The van der Waals surface area contributed by atoms with Crippen molar-refractivity contribution >= 4 is 18.4 Å². The number of aromatic amines is 1. The Morgan fingerprint density at radius 1 is 1.29 bits per heavy atom. The zero-order valence-electron chi connectivity index (χ0n) is 11.9. The lowest BCUT2D eigenvalue weighted by Gasteiger charge is -2.41. The molecule has 118 valence electrons. The van der Waals surface area contributed by atoms with E-state index in [9.17, 15) is 4.79 Å². The van der Waals surface area contributed by atoms with Crippen LogP contribution in [0.15, 0.2) is 0 Å². The second-order valence-corrected chi connectivity index (χ2v) is 6.10. The van der Waals surface area contributed by atoms with Crippen molar-refractivity contribution in [3.8, 4) is 0 Å². The summed E-state index contributed by atoms with van der Waals surface area (Å²) in [5.74, 6) is 1.95. The van der Waals surface area contributed by atoms with Gasteiger partial charge in [0, 0.05) is 6.42 Å². The number of fused-ring (bicyclic) bond motifs is 1. The van der Waals surface area contributed by atoms with Gasteiger partial charge in [0.25, 0.3) is 0 Å². The lowest BCUT2D eigenvalue weighted by atomic mass is 9.69. The van der Waals surface area contributed by atoms with Gasteiger partial charge in [-0.15, -0.1) is 22.6 Å². The van der Waals surface area contributed by atoms with Crippen LogP contribution in [0.2, 0.25) is 0 Å². The van der Waals surface area contributed by atoms with E-state index in [0.29, 0.717) is 17.8 Å². The number of aliphatic carboxylic acids is 1. The highest BCUT2D eigenvalue weighted by molar-refractivity contribution is 5.85. The van der Waals surface area contributed by atoms with Crippen LogP contribution in [0.4, 0.5) is 0 Å². The minimum Gasteiger partial charge on any atom is -0.480 e. The van der Waals surface area contributed by atoms with Crippen molar-refractivity contribution in [2.24, 2.45) is 17.8 Å². The molecule has 2 fully saturated rings. The Morgan fingerprint density at radius 3 is 2.86 bits per heavy atom. The van der Waals surface area contributed by atoms with E-state index in [2.05, 4.69) is 25.9 Å². The molecule has 0 aromatic carbocycles. The zero-order chi connectivity index (χ0) is 13.9. The Morgan fingerprint density at radius 2 is 2.14 bits per heavy atom. The molecular weight excluding hydrogens is 294 g/mol. The summed E-state index contributed by atoms with van der Waals surface area (Å²) < 4.78 is 0. The molecule has 0 spiro atoms. The number of nitrogens with one attached hydrogen (secondary N) is 2. The van der Waals surface area contributed by atoms with Gasteiger partial charge in [0.05, 0.1) is 0 Å². The predicted molar refractivity (Wildman–Crippen MR) is 78.1 cm³/mol. The van der Waals surface area contributed by atoms with E-state index in [1.54, 1.807) is 0 Å². The van der Waals surface area contributed by atoms with Gasteiger partial charge in [-0.3, -0.25) is 4.79 Å². The summed E-state index contributed by atoms with van der Waals surface area (Å²) in [6.07, 6.45) is 6.30. The summed E-state index contributed by atoms with van der Waals surface area (Å²) in [5.41, 5.74) is 0. The molecule has 3 rings (SSSR count). The molecule has 0 amide bonds. The Bertz CT molecular complexity index is 455. The fraction of sp³-hybridized carbons (Fsp3) is 0.846. The largest absolute Gasteiger partial charge is 0.480 e. The highest BCUT2D eigenvalue weighted by atomic mass is 35.5. The molecule has 0 unspecified atom stereocenters. The smallest absolute Gasteiger partial charge is 0.320 e. The molecule has 2 aliphatic rings. The number of carbonyl (C=O) groups is 1. The lowest BCUT2D eigenvalue weighted by molar-refractivity contribution is -0.141. The molecule has 1 saturated heterocycles. The highest BCUT2D eigenvalue weighted by Gasteiger charge is 2.37. The number of hydrogen-bond donors (Lipinski definition) is 3. The molecular formula is C13H22ClN5O2. The van der Waals surface area contributed by atoms with Gasteiger partial charge >= 0.3 is 5.97 Å². The van der Waals surface area contributed by atoms with Crippen molar-refractivity contribution in [1.82, 2.24) is 25.9 Å². The molecule has 8 heteroatoms. The van der Waals surface area contributed by atoms with E-state index < -0.39 is 5.97 Å².